The molecule has 2 aromatic rings. The highest BCUT2D eigenvalue weighted by molar-refractivity contribution is 7.92. The highest BCUT2D eigenvalue weighted by Crippen LogP contribution is 2.26. The highest BCUT2D eigenvalue weighted by atomic mass is 32.2. The van der Waals surface area contributed by atoms with Crippen molar-refractivity contribution in [3.63, 3.8) is 0 Å². The molecule has 30 heavy (non-hydrogen) atoms. The maximum atomic E-state index is 12.7. The van der Waals surface area contributed by atoms with Crippen molar-refractivity contribution in [3.8, 4) is 0 Å². The maximum Gasteiger partial charge on any atom is 0.244 e. The van der Waals surface area contributed by atoms with Gasteiger partial charge < -0.3 is 5.32 Å². The largest absolute Gasteiger partial charge is 0.326 e. The smallest absolute Gasteiger partial charge is 0.244 e. The van der Waals surface area contributed by atoms with Crippen molar-refractivity contribution in [2.45, 2.75) is 24.7 Å². The molecule has 3 rings (SSSR count). The fraction of sp³-hybridized carbons (Fsp3) is 0.368. The molecule has 162 valence electrons. The van der Waals surface area contributed by atoms with Gasteiger partial charge in [-0.1, -0.05) is 6.07 Å². The van der Waals surface area contributed by atoms with Crippen molar-refractivity contribution in [1.29, 1.82) is 0 Å². The van der Waals surface area contributed by atoms with Crippen molar-refractivity contribution in [2.24, 2.45) is 5.92 Å². The van der Waals surface area contributed by atoms with Crippen LogP contribution < -0.4 is 10.0 Å². The van der Waals surface area contributed by atoms with Crippen LogP contribution in [0.2, 0.25) is 0 Å². The van der Waals surface area contributed by atoms with Gasteiger partial charge in [0.1, 0.15) is 4.90 Å². The Morgan fingerprint density at radius 2 is 1.83 bits per heavy atom. The summed E-state index contributed by atoms with van der Waals surface area (Å²) >= 11 is 0. The van der Waals surface area contributed by atoms with Crippen LogP contribution in [0, 0.1) is 12.8 Å². The van der Waals surface area contributed by atoms with Crippen LogP contribution in [0.1, 0.15) is 18.4 Å². The number of piperidine rings is 1. The van der Waals surface area contributed by atoms with Crippen molar-refractivity contribution < 1.29 is 21.6 Å². The van der Waals surface area contributed by atoms with E-state index in [1.807, 2.05) is 0 Å². The van der Waals surface area contributed by atoms with Crippen molar-refractivity contribution in [2.75, 3.05) is 29.4 Å². The summed E-state index contributed by atoms with van der Waals surface area (Å²) in [6.07, 6.45) is 4.67. The van der Waals surface area contributed by atoms with Crippen LogP contribution in [-0.4, -0.2) is 51.4 Å². The van der Waals surface area contributed by atoms with Crippen LogP contribution in [0.4, 0.5) is 11.4 Å². The minimum absolute atomic E-state index is 0.137. The minimum atomic E-state index is -3.62. The lowest BCUT2D eigenvalue weighted by molar-refractivity contribution is -0.120. The molecular formula is C19H24N4O5S2. The Kier molecular flexibility index (Phi) is 6.44. The Morgan fingerprint density at radius 3 is 2.43 bits per heavy atom. The van der Waals surface area contributed by atoms with Gasteiger partial charge in [-0.05, 0) is 49.6 Å². The second kappa shape index (κ2) is 8.70. The molecule has 0 aliphatic carbocycles. The molecule has 0 saturated carbocycles. The third kappa shape index (κ3) is 5.35. The monoisotopic (exact) mass is 452 g/mol. The first-order chi connectivity index (χ1) is 14.1. The number of hydrogen-bond donors (Lipinski definition) is 2. The SMILES string of the molecule is Cc1ccc(NC(=O)C2CCN(S(=O)(=O)c3cccnc3)CC2)cc1NS(C)(=O)=O. The van der Waals surface area contributed by atoms with E-state index in [-0.39, 0.29) is 29.8 Å². The van der Waals surface area contributed by atoms with Crippen LogP contribution in [-0.2, 0) is 24.8 Å². The van der Waals surface area contributed by atoms with Crippen LogP contribution in [0.5, 0.6) is 0 Å². The van der Waals surface area contributed by atoms with Crippen molar-refractivity contribution >= 4 is 37.3 Å². The number of benzene rings is 1. The van der Waals surface area contributed by atoms with E-state index in [0.29, 0.717) is 24.2 Å². The van der Waals surface area contributed by atoms with Gasteiger partial charge in [0.05, 0.1) is 11.9 Å². The van der Waals surface area contributed by atoms with E-state index in [9.17, 15) is 21.6 Å². The summed E-state index contributed by atoms with van der Waals surface area (Å²) in [7, 11) is -7.06. The normalized spacial score (nSPS) is 16.2. The van der Waals surface area contributed by atoms with Gasteiger partial charge in [-0.3, -0.25) is 14.5 Å². The quantitative estimate of drug-likeness (QED) is 0.688. The van der Waals surface area contributed by atoms with Crippen LogP contribution in [0.25, 0.3) is 0 Å². The summed E-state index contributed by atoms with van der Waals surface area (Å²) in [5.41, 5.74) is 1.60. The summed E-state index contributed by atoms with van der Waals surface area (Å²) in [6.45, 7) is 2.24. The number of aryl methyl sites for hydroxylation is 1. The first-order valence-corrected chi connectivity index (χ1v) is 12.7. The number of carbonyl (C=O) groups is 1. The number of rotatable bonds is 6. The van der Waals surface area contributed by atoms with E-state index in [1.54, 1.807) is 31.2 Å². The van der Waals surface area contributed by atoms with E-state index in [2.05, 4.69) is 15.0 Å². The fourth-order valence-electron chi connectivity index (χ4n) is 3.26. The van der Waals surface area contributed by atoms with E-state index < -0.39 is 20.0 Å². The summed E-state index contributed by atoms with van der Waals surface area (Å²) < 4.78 is 52.1. The van der Waals surface area contributed by atoms with Crippen molar-refractivity contribution in [3.05, 3.63) is 48.3 Å². The van der Waals surface area contributed by atoms with Gasteiger partial charge in [0.25, 0.3) is 0 Å². The number of carbonyl (C=O) groups excluding carboxylic acids is 1. The first kappa shape index (κ1) is 22.2. The Morgan fingerprint density at radius 1 is 1.13 bits per heavy atom. The topological polar surface area (TPSA) is 126 Å². The molecule has 0 bridgehead atoms. The number of amides is 1. The Balaban J connectivity index is 1.63. The molecule has 1 aromatic carbocycles. The van der Waals surface area contributed by atoms with E-state index in [1.165, 1.54) is 22.8 Å². The average Bonchev–Trinajstić information content (AvgIpc) is 2.70. The zero-order chi connectivity index (χ0) is 21.9. The maximum absolute atomic E-state index is 12.7. The number of nitrogens with one attached hydrogen (secondary N) is 2. The molecule has 2 N–H and O–H groups in total. The first-order valence-electron chi connectivity index (χ1n) is 9.36. The summed E-state index contributed by atoms with van der Waals surface area (Å²) in [5, 5.41) is 2.80. The molecule has 9 nitrogen and oxygen atoms in total. The minimum Gasteiger partial charge on any atom is -0.326 e. The zero-order valence-corrected chi connectivity index (χ0v) is 18.3. The van der Waals surface area contributed by atoms with Crippen LogP contribution in [0.15, 0.2) is 47.6 Å². The molecule has 2 heterocycles. The fourth-order valence-corrected chi connectivity index (χ4v) is 5.31. The number of hydrogen-bond acceptors (Lipinski definition) is 6. The second-order valence-electron chi connectivity index (χ2n) is 7.26. The number of sulfonamides is 2. The third-order valence-corrected chi connectivity index (χ3v) is 7.37. The zero-order valence-electron chi connectivity index (χ0n) is 16.7. The average molecular weight is 453 g/mol. The molecule has 1 amide bonds. The Bertz CT molecular complexity index is 1130. The molecule has 1 fully saturated rings. The molecule has 0 spiro atoms. The molecule has 0 unspecified atom stereocenters. The van der Waals surface area contributed by atoms with Crippen molar-refractivity contribution in [1.82, 2.24) is 9.29 Å². The molecule has 1 aliphatic rings. The van der Waals surface area contributed by atoms with E-state index in [0.717, 1.165) is 11.8 Å². The van der Waals surface area contributed by atoms with Gasteiger partial charge in [-0.25, -0.2) is 16.8 Å². The molecule has 1 aliphatic heterocycles. The van der Waals surface area contributed by atoms with Gasteiger partial charge in [0.2, 0.25) is 26.0 Å². The lowest BCUT2D eigenvalue weighted by atomic mass is 9.97. The van der Waals surface area contributed by atoms with E-state index in [4.69, 9.17) is 0 Å². The summed E-state index contributed by atoms with van der Waals surface area (Å²) in [5.74, 6) is -0.555. The molecule has 1 saturated heterocycles. The third-order valence-electron chi connectivity index (χ3n) is 4.90. The van der Waals surface area contributed by atoms with Gasteiger partial charge in [0, 0.05) is 37.1 Å². The Hall–Kier alpha value is -2.50. The number of nitrogens with zero attached hydrogens (tertiary/aromatic N) is 2. The predicted octanol–water partition coefficient (Wildman–Crippen LogP) is 1.80. The highest BCUT2D eigenvalue weighted by Gasteiger charge is 2.32. The molecular weight excluding hydrogens is 428 g/mol. The summed E-state index contributed by atoms with van der Waals surface area (Å²) in [6, 6.07) is 8.05. The summed E-state index contributed by atoms with van der Waals surface area (Å²) in [4.78, 5) is 16.6. The molecule has 0 atom stereocenters. The predicted molar refractivity (Wildman–Crippen MR) is 114 cm³/mol. The molecule has 1 aromatic heterocycles. The second-order valence-corrected chi connectivity index (χ2v) is 10.9. The lowest BCUT2D eigenvalue weighted by Gasteiger charge is -2.30. The van der Waals surface area contributed by atoms with Gasteiger partial charge >= 0.3 is 0 Å². The number of pyridine rings is 1. The van der Waals surface area contributed by atoms with Crippen LogP contribution in [0.3, 0.4) is 0 Å². The Labute approximate surface area is 176 Å². The van der Waals surface area contributed by atoms with Gasteiger partial charge in [-0.2, -0.15) is 4.31 Å². The standard InChI is InChI=1S/C19H24N4O5S2/c1-14-5-6-16(12-18(14)22-29(2,25)26)21-19(24)15-7-10-23(11-8-15)30(27,28)17-4-3-9-20-13-17/h3-6,9,12-13,15,22H,7-8,10-11H2,1-2H3,(H,21,24). The van der Waals surface area contributed by atoms with Gasteiger partial charge in [-0.15, -0.1) is 0 Å². The van der Waals surface area contributed by atoms with Crippen LogP contribution >= 0.6 is 0 Å². The molecule has 11 heteroatoms. The number of aromatic nitrogens is 1. The van der Waals surface area contributed by atoms with E-state index >= 15 is 0 Å². The number of anilines is 2. The molecule has 0 radical (unpaired) electrons. The lowest BCUT2D eigenvalue weighted by Crippen LogP contribution is -2.41. The van der Waals surface area contributed by atoms with Gasteiger partial charge in [0.15, 0.2) is 0 Å².